The van der Waals surface area contributed by atoms with Gasteiger partial charge in [-0.15, -0.1) is 6.58 Å². The van der Waals surface area contributed by atoms with Crippen LogP contribution in [0, 0.1) is 4.77 Å². The monoisotopic (exact) mass is 398 g/mol. The van der Waals surface area contributed by atoms with Gasteiger partial charge in [-0.3, -0.25) is 14.5 Å². The molecule has 0 bridgehead atoms. The van der Waals surface area contributed by atoms with Gasteiger partial charge in [-0.2, -0.15) is 5.10 Å². The third-order valence-corrected chi connectivity index (χ3v) is 6.40. The molecule has 2 aliphatic rings. The number of likely N-dealkylation sites (tertiary alicyclic amines) is 2. The standard InChI is InChI=1S/C21H30N6S/c1-2-12-26-20(18-6-10-22-11-7-18)23-27(21(26)28)17-24-15-8-19(9-16-24)25-13-4-3-5-14-25/h2,6-7,10-11,19H,1,3-5,8-9,12-17H2. The Bertz CT molecular complexity index is 828. The molecule has 0 aliphatic carbocycles. The van der Waals surface area contributed by atoms with E-state index < -0.39 is 0 Å². The lowest BCUT2D eigenvalue weighted by Gasteiger charge is -2.40. The first-order valence-corrected chi connectivity index (χ1v) is 10.8. The van der Waals surface area contributed by atoms with Crippen molar-refractivity contribution in [3.63, 3.8) is 0 Å². The Kier molecular flexibility index (Phi) is 6.34. The first-order valence-electron chi connectivity index (χ1n) is 10.4. The third kappa shape index (κ3) is 4.26. The molecular weight excluding hydrogens is 368 g/mol. The van der Waals surface area contributed by atoms with E-state index in [2.05, 4.69) is 25.9 Å². The van der Waals surface area contributed by atoms with Crippen LogP contribution in [0.1, 0.15) is 32.1 Å². The van der Waals surface area contributed by atoms with E-state index in [1.54, 1.807) is 12.4 Å². The summed E-state index contributed by atoms with van der Waals surface area (Å²) in [5.41, 5.74) is 1.03. The summed E-state index contributed by atoms with van der Waals surface area (Å²) in [5.74, 6) is 0.885. The molecule has 2 aliphatic heterocycles. The molecule has 28 heavy (non-hydrogen) atoms. The summed E-state index contributed by atoms with van der Waals surface area (Å²) in [6.07, 6.45) is 12.1. The average molecular weight is 399 g/mol. The van der Waals surface area contributed by atoms with Crippen molar-refractivity contribution >= 4 is 12.2 Å². The SMILES string of the molecule is C=CCn1c(-c2ccncc2)nn(CN2CCC(N3CCCCC3)CC2)c1=S. The Labute approximate surface area is 172 Å². The number of hydrogen-bond acceptors (Lipinski definition) is 5. The molecule has 7 heteroatoms. The predicted molar refractivity (Wildman–Crippen MR) is 114 cm³/mol. The summed E-state index contributed by atoms with van der Waals surface area (Å²) in [6.45, 7) is 10.1. The molecule has 0 atom stereocenters. The van der Waals surface area contributed by atoms with Crippen molar-refractivity contribution in [3.05, 3.63) is 42.0 Å². The van der Waals surface area contributed by atoms with Crippen LogP contribution in [0.15, 0.2) is 37.2 Å². The van der Waals surface area contributed by atoms with Crippen LogP contribution in [0.4, 0.5) is 0 Å². The number of nitrogens with zero attached hydrogens (tertiary/aromatic N) is 6. The van der Waals surface area contributed by atoms with Gasteiger partial charge in [0, 0.05) is 43.6 Å². The molecule has 4 rings (SSSR count). The summed E-state index contributed by atoms with van der Waals surface area (Å²) >= 11 is 5.74. The van der Waals surface area contributed by atoms with E-state index in [0.29, 0.717) is 6.54 Å². The van der Waals surface area contributed by atoms with Crippen molar-refractivity contribution in [1.29, 1.82) is 0 Å². The molecule has 2 aromatic rings. The molecule has 0 spiro atoms. The van der Waals surface area contributed by atoms with Crippen LogP contribution in [0.3, 0.4) is 0 Å². The Balaban J connectivity index is 1.45. The molecule has 6 nitrogen and oxygen atoms in total. The number of rotatable bonds is 6. The normalized spacial score (nSPS) is 19.7. The Hall–Kier alpha value is -1.83. The second-order valence-electron chi connectivity index (χ2n) is 7.83. The van der Waals surface area contributed by atoms with Crippen LogP contribution < -0.4 is 0 Å². The van der Waals surface area contributed by atoms with E-state index in [1.165, 1.54) is 45.2 Å². The highest BCUT2D eigenvalue weighted by Gasteiger charge is 2.26. The zero-order valence-corrected chi connectivity index (χ0v) is 17.4. The molecule has 150 valence electrons. The van der Waals surface area contributed by atoms with Crippen LogP contribution in [-0.4, -0.2) is 61.4 Å². The smallest absolute Gasteiger partial charge is 0.199 e. The maximum atomic E-state index is 5.74. The minimum absolute atomic E-state index is 0.660. The summed E-state index contributed by atoms with van der Waals surface area (Å²) in [5, 5.41) is 4.85. The highest BCUT2D eigenvalue weighted by Crippen LogP contribution is 2.22. The van der Waals surface area contributed by atoms with Crippen LogP contribution in [0.5, 0.6) is 0 Å². The predicted octanol–water partition coefficient (Wildman–Crippen LogP) is 3.57. The quantitative estimate of drug-likeness (QED) is 0.550. The second kappa shape index (κ2) is 9.11. The molecule has 2 fully saturated rings. The van der Waals surface area contributed by atoms with Gasteiger partial charge in [0.15, 0.2) is 10.6 Å². The molecule has 4 heterocycles. The highest BCUT2D eigenvalue weighted by atomic mass is 32.1. The van der Waals surface area contributed by atoms with E-state index in [9.17, 15) is 0 Å². The Morgan fingerprint density at radius 2 is 1.79 bits per heavy atom. The second-order valence-corrected chi connectivity index (χ2v) is 8.19. The van der Waals surface area contributed by atoms with E-state index in [0.717, 1.165) is 42.0 Å². The number of allylic oxidation sites excluding steroid dienone is 1. The molecule has 0 amide bonds. The lowest BCUT2D eigenvalue weighted by Crippen LogP contribution is -2.47. The van der Waals surface area contributed by atoms with Crippen LogP contribution >= 0.6 is 12.2 Å². The van der Waals surface area contributed by atoms with Gasteiger partial charge in [-0.05, 0) is 63.1 Å². The Morgan fingerprint density at radius 1 is 1.07 bits per heavy atom. The molecule has 0 radical (unpaired) electrons. The van der Waals surface area contributed by atoms with Gasteiger partial charge in [0.25, 0.3) is 0 Å². The summed E-state index contributed by atoms with van der Waals surface area (Å²) in [7, 11) is 0. The minimum Gasteiger partial charge on any atom is -0.300 e. The number of hydrogen-bond donors (Lipinski definition) is 0. The summed E-state index contributed by atoms with van der Waals surface area (Å²) in [4.78, 5) is 9.31. The zero-order valence-electron chi connectivity index (χ0n) is 16.5. The molecule has 0 saturated carbocycles. The van der Waals surface area contributed by atoms with Crippen molar-refractivity contribution in [1.82, 2.24) is 29.1 Å². The maximum Gasteiger partial charge on any atom is 0.199 e. The van der Waals surface area contributed by atoms with Gasteiger partial charge >= 0.3 is 0 Å². The van der Waals surface area contributed by atoms with E-state index in [1.807, 2.05) is 22.9 Å². The topological polar surface area (TPSA) is 42.1 Å². The summed E-state index contributed by atoms with van der Waals surface area (Å²) < 4.78 is 4.78. The van der Waals surface area contributed by atoms with Crippen molar-refractivity contribution < 1.29 is 0 Å². The minimum atomic E-state index is 0.660. The van der Waals surface area contributed by atoms with E-state index in [4.69, 9.17) is 17.3 Å². The molecule has 0 aromatic carbocycles. The number of aromatic nitrogens is 4. The van der Waals surface area contributed by atoms with Gasteiger partial charge in [0.1, 0.15) is 0 Å². The third-order valence-electron chi connectivity index (χ3n) is 5.97. The lowest BCUT2D eigenvalue weighted by molar-refractivity contribution is 0.0762. The Morgan fingerprint density at radius 3 is 2.46 bits per heavy atom. The van der Waals surface area contributed by atoms with Gasteiger partial charge in [-0.25, -0.2) is 4.68 Å². The van der Waals surface area contributed by atoms with Crippen molar-refractivity contribution in [2.24, 2.45) is 0 Å². The van der Waals surface area contributed by atoms with Gasteiger partial charge in [0.2, 0.25) is 0 Å². The van der Waals surface area contributed by atoms with Crippen LogP contribution in [0.25, 0.3) is 11.4 Å². The molecule has 2 aromatic heterocycles. The molecule has 2 saturated heterocycles. The zero-order chi connectivity index (χ0) is 19.3. The maximum absolute atomic E-state index is 5.74. The summed E-state index contributed by atoms with van der Waals surface area (Å²) in [6, 6.07) is 4.71. The van der Waals surface area contributed by atoms with E-state index in [-0.39, 0.29) is 0 Å². The van der Waals surface area contributed by atoms with Gasteiger partial charge in [0.05, 0.1) is 6.67 Å². The molecular formula is C21H30N6S. The van der Waals surface area contributed by atoms with Crippen LogP contribution in [-0.2, 0) is 13.2 Å². The van der Waals surface area contributed by atoms with Gasteiger partial charge < -0.3 is 4.90 Å². The van der Waals surface area contributed by atoms with Crippen LogP contribution in [0.2, 0.25) is 0 Å². The molecule has 0 N–H and O–H groups in total. The first-order chi connectivity index (χ1) is 13.8. The first kappa shape index (κ1) is 19.5. The fourth-order valence-corrected chi connectivity index (χ4v) is 4.70. The largest absolute Gasteiger partial charge is 0.300 e. The van der Waals surface area contributed by atoms with Crippen molar-refractivity contribution in [3.8, 4) is 11.4 Å². The lowest BCUT2D eigenvalue weighted by atomic mass is 10.0. The average Bonchev–Trinajstić information content (AvgIpc) is 3.06. The van der Waals surface area contributed by atoms with Crippen molar-refractivity contribution in [2.75, 3.05) is 26.2 Å². The fraction of sp³-hybridized carbons (Fsp3) is 0.571. The number of pyridine rings is 1. The van der Waals surface area contributed by atoms with E-state index >= 15 is 0 Å². The highest BCUT2D eigenvalue weighted by molar-refractivity contribution is 7.71. The molecule has 0 unspecified atom stereocenters. The number of piperidine rings is 2. The van der Waals surface area contributed by atoms with Gasteiger partial charge in [-0.1, -0.05) is 12.5 Å². The fourth-order valence-electron chi connectivity index (χ4n) is 4.44. The van der Waals surface area contributed by atoms with Crippen molar-refractivity contribution in [2.45, 2.75) is 51.4 Å².